The van der Waals surface area contributed by atoms with Crippen LogP contribution in [0.15, 0.2) is 23.1 Å². The second-order valence-corrected chi connectivity index (χ2v) is 7.59. The van der Waals surface area contributed by atoms with E-state index in [1.165, 1.54) is 13.1 Å². The Morgan fingerprint density at radius 1 is 1.47 bits per heavy atom. The fraction of sp³-hybridized carbons (Fsp3) is 0.500. The van der Waals surface area contributed by atoms with E-state index >= 15 is 0 Å². The molecule has 0 amide bonds. The summed E-state index contributed by atoms with van der Waals surface area (Å²) < 4.78 is 26.0. The molecule has 106 valence electrons. The van der Waals surface area contributed by atoms with E-state index in [-0.39, 0.29) is 4.90 Å². The van der Waals surface area contributed by atoms with E-state index in [4.69, 9.17) is 5.73 Å². The van der Waals surface area contributed by atoms with Crippen LogP contribution < -0.4 is 15.4 Å². The van der Waals surface area contributed by atoms with Crippen molar-refractivity contribution in [2.24, 2.45) is 0 Å². The molecule has 0 spiro atoms. The number of hydrogen-bond acceptors (Lipinski definition) is 5. The first-order valence-corrected chi connectivity index (χ1v) is 8.73. The van der Waals surface area contributed by atoms with Gasteiger partial charge in [0.2, 0.25) is 10.0 Å². The summed E-state index contributed by atoms with van der Waals surface area (Å²) >= 11 is 1.91. The van der Waals surface area contributed by atoms with E-state index in [1.54, 1.807) is 12.1 Å². The highest BCUT2D eigenvalue weighted by Gasteiger charge is 2.23. The van der Waals surface area contributed by atoms with Crippen LogP contribution in [0.4, 0.5) is 11.4 Å². The minimum atomic E-state index is -3.43. The van der Waals surface area contributed by atoms with Crippen molar-refractivity contribution in [3.63, 3.8) is 0 Å². The fourth-order valence-corrected chi connectivity index (χ4v) is 4.16. The molecule has 1 aliphatic rings. The summed E-state index contributed by atoms with van der Waals surface area (Å²) in [7, 11) is -0.0562. The van der Waals surface area contributed by atoms with E-state index in [0.717, 1.165) is 23.6 Å². The number of nitrogens with one attached hydrogen (secondary N) is 1. The van der Waals surface area contributed by atoms with E-state index in [0.29, 0.717) is 11.7 Å². The van der Waals surface area contributed by atoms with Gasteiger partial charge in [0.1, 0.15) is 0 Å². The second-order valence-electron chi connectivity index (χ2n) is 4.56. The fourth-order valence-electron chi connectivity index (χ4n) is 2.14. The van der Waals surface area contributed by atoms with Crippen LogP contribution in [0.5, 0.6) is 0 Å². The molecule has 1 aliphatic heterocycles. The van der Waals surface area contributed by atoms with Crippen LogP contribution in [0.1, 0.15) is 6.42 Å². The summed E-state index contributed by atoms with van der Waals surface area (Å²) in [5.41, 5.74) is 7.37. The van der Waals surface area contributed by atoms with Crippen LogP contribution in [0, 0.1) is 0 Å². The van der Waals surface area contributed by atoms with Crippen LogP contribution in [0.25, 0.3) is 0 Å². The third-order valence-corrected chi connectivity index (χ3v) is 5.97. The van der Waals surface area contributed by atoms with Crippen molar-refractivity contribution >= 4 is 33.2 Å². The van der Waals surface area contributed by atoms with Gasteiger partial charge in [0.05, 0.1) is 16.3 Å². The van der Waals surface area contributed by atoms with Crippen LogP contribution in [-0.2, 0) is 10.0 Å². The van der Waals surface area contributed by atoms with Gasteiger partial charge < -0.3 is 10.6 Å². The molecule has 1 fully saturated rings. The van der Waals surface area contributed by atoms with Crippen molar-refractivity contribution in [1.29, 1.82) is 0 Å². The first-order valence-electron chi connectivity index (χ1n) is 6.09. The molecule has 0 radical (unpaired) electrons. The lowest BCUT2D eigenvalue weighted by atomic mass is 10.2. The molecule has 1 unspecified atom stereocenters. The molecule has 1 aromatic rings. The van der Waals surface area contributed by atoms with E-state index in [1.807, 2.05) is 18.8 Å². The first-order chi connectivity index (χ1) is 8.95. The maximum atomic E-state index is 11.8. The highest BCUT2D eigenvalue weighted by atomic mass is 32.2. The van der Waals surface area contributed by atoms with Gasteiger partial charge >= 0.3 is 0 Å². The van der Waals surface area contributed by atoms with Crippen LogP contribution in [0.3, 0.4) is 0 Å². The molecule has 0 saturated carbocycles. The first kappa shape index (κ1) is 14.5. The standard InChI is InChI=1S/C12H19N3O2S2/c1-14-19(16,17)10-3-4-11(13)12(7-10)15(2)9-5-6-18-8-9/h3-4,7,9,14H,5-6,8,13H2,1-2H3. The maximum Gasteiger partial charge on any atom is 0.240 e. The average molecular weight is 301 g/mol. The Morgan fingerprint density at radius 2 is 2.21 bits per heavy atom. The summed E-state index contributed by atoms with van der Waals surface area (Å²) in [6.07, 6.45) is 1.10. The zero-order chi connectivity index (χ0) is 14.0. The largest absolute Gasteiger partial charge is 0.397 e. The lowest BCUT2D eigenvalue weighted by Gasteiger charge is -2.27. The quantitative estimate of drug-likeness (QED) is 0.815. The molecular weight excluding hydrogens is 282 g/mol. The Bertz CT molecular complexity index is 554. The van der Waals surface area contributed by atoms with Gasteiger partial charge in [0.25, 0.3) is 0 Å². The Labute approximate surface area is 118 Å². The number of anilines is 2. The molecule has 1 heterocycles. The molecule has 1 atom stereocenters. The summed E-state index contributed by atoms with van der Waals surface area (Å²) in [5, 5.41) is 0. The van der Waals surface area contributed by atoms with Gasteiger partial charge in [-0.15, -0.1) is 0 Å². The minimum Gasteiger partial charge on any atom is -0.397 e. The highest BCUT2D eigenvalue weighted by molar-refractivity contribution is 7.99. The molecule has 0 bridgehead atoms. The van der Waals surface area contributed by atoms with Crippen molar-refractivity contribution in [3.05, 3.63) is 18.2 Å². The third kappa shape index (κ3) is 2.98. The zero-order valence-corrected chi connectivity index (χ0v) is 12.7. The number of sulfonamides is 1. The summed E-state index contributed by atoms with van der Waals surface area (Å²) in [6, 6.07) is 5.24. The third-order valence-electron chi connectivity index (χ3n) is 3.41. The number of rotatable bonds is 4. The van der Waals surface area contributed by atoms with Crippen molar-refractivity contribution in [1.82, 2.24) is 4.72 Å². The van der Waals surface area contributed by atoms with E-state index in [9.17, 15) is 8.42 Å². The molecule has 1 saturated heterocycles. The van der Waals surface area contributed by atoms with Crippen LogP contribution in [0.2, 0.25) is 0 Å². The predicted molar refractivity (Wildman–Crippen MR) is 81.2 cm³/mol. The molecule has 5 nitrogen and oxygen atoms in total. The molecule has 0 aliphatic carbocycles. The Kier molecular flexibility index (Phi) is 4.27. The zero-order valence-electron chi connectivity index (χ0n) is 11.1. The normalized spacial score (nSPS) is 19.6. The number of nitrogen functional groups attached to an aromatic ring is 1. The minimum absolute atomic E-state index is 0.247. The maximum absolute atomic E-state index is 11.8. The highest BCUT2D eigenvalue weighted by Crippen LogP contribution is 2.31. The predicted octanol–water partition coefficient (Wildman–Crippen LogP) is 1.12. The van der Waals surface area contributed by atoms with Gasteiger partial charge in [0, 0.05) is 18.8 Å². The molecule has 3 N–H and O–H groups in total. The molecular formula is C12H19N3O2S2. The number of benzene rings is 1. The molecule has 0 aromatic heterocycles. The van der Waals surface area contributed by atoms with Crippen molar-refractivity contribution in [3.8, 4) is 0 Å². The topological polar surface area (TPSA) is 75.4 Å². The van der Waals surface area contributed by atoms with Gasteiger partial charge in [-0.1, -0.05) is 0 Å². The SMILES string of the molecule is CNS(=O)(=O)c1ccc(N)c(N(C)C2CCSC2)c1. The van der Waals surface area contributed by atoms with E-state index in [2.05, 4.69) is 9.62 Å². The molecule has 2 rings (SSSR count). The smallest absolute Gasteiger partial charge is 0.240 e. The Hall–Kier alpha value is -0.920. The number of hydrogen-bond donors (Lipinski definition) is 2. The molecule has 19 heavy (non-hydrogen) atoms. The van der Waals surface area contributed by atoms with Gasteiger partial charge in [-0.25, -0.2) is 13.1 Å². The summed E-state index contributed by atoms with van der Waals surface area (Å²) in [6.45, 7) is 0. The van der Waals surface area contributed by atoms with Gasteiger partial charge in [-0.05, 0) is 37.4 Å². The Balaban J connectivity index is 2.36. The molecule has 1 aromatic carbocycles. The van der Waals surface area contributed by atoms with Crippen LogP contribution >= 0.6 is 11.8 Å². The summed E-state index contributed by atoms with van der Waals surface area (Å²) in [5.74, 6) is 2.20. The van der Waals surface area contributed by atoms with Gasteiger partial charge in [-0.3, -0.25) is 0 Å². The lowest BCUT2D eigenvalue weighted by Crippen LogP contribution is -2.32. The van der Waals surface area contributed by atoms with E-state index < -0.39 is 10.0 Å². The molecule has 7 heteroatoms. The van der Waals surface area contributed by atoms with Gasteiger partial charge in [0.15, 0.2) is 0 Å². The second kappa shape index (κ2) is 5.60. The van der Waals surface area contributed by atoms with Crippen LogP contribution in [-0.4, -0.2) is 40.1 Å². The van der Waals surface area contributed by atoms with Gasteiger partial charge in [-0.2, -0.15) is 11.8 Å². The van der Waals surface area contributed by atoms with Crippen molar-refractivity contribution in [2.45, 2.75) is 17.4 Å². The Morgan fingerprint density at radius 3 is 2.79 bits per heavy atom. The number of nitrogens with zero attached hydrogens (tertiary/aromatic N) is 1. The summed E-state index contributed by atoms with van der Waals surface area (Å²) in [4.78, 5) is 2.33. The monoisotopic (exact) mass is 301 g/mol. The van der Waals surface area contributed by atoms with Crippen molar-refractivity contribution in [2.75, 3.05) is 36.2 Å². The van der Waals surface area contributed by atoms with Crippen molar-refractivity contribution < 1.29 is 8.42 Å². The number of thioether (sulfide) groups is 1. The average Bonchev–Trinajstić information content (AvgIpc) is 2.92. The number of nitrogens with two attached hydrogens (primary N) is 1. The lowest BCUT2D eigenvalue weighted by molar-refractivity contribution is 0.588.